The van der Waals surface area contributed by atoms with Crippen LogP contribution in [-0.2, 0) is 0 Å². The molecule has 4 rings (SSSR count). The third-order valence-electron chi connectivity index (χ3n) is 5.65. The van der Waals surface area contributed by atoms with Gasteiger partial charge in [-0.2, -0.15) is 0 Å². The van der Waals surface area contributed by atoms with Crippen molar-refractivity contribution < 1.29 is 23.0 Å². The molecule has 0 bridgehead atoms. The second-order valence-electron chi connectivity index (χ2n) is 8.80. The molecular formula is C29H28F2N4O3. The van der Waals surface area contributed by atoms with Crippen LogP contribution in [0.3, 0.4) is 0 Å². The molecule has 0 aliphatic rings. The van der Waals surface area contributed by atoms with E-state index in [4.69, 9.17) is 9.47 Å². The molecule has 0 aliphatic heterocycles. The van der Waals surface area contributed by atoms with E-state index >= 15 is 0 Å². The van der Waals surface area contributed by atoms with E-state index in [0.717, 1.165) is 13.0 Å². The molecule has 1 amide bonds. The number of aromatic nitrogens is 2. The highest BCUT2D eigenvalue weighted by Crippen LogP contribution is 2.30. The van der Waals surface area contributed by atoms with Gasteiger partial charge in [0.15, 0.2) is 0 Å². The average Bonchev–Trinajstić information content (AvgIpc) is 2.92. The Bertz CT molecular complexity index is 1330. The summed E-state index contributed by atoms with van der Waals surface area (Å²) in [5.74, 6) is -0.440. The van der Waals surface area contributed by atoms with Gasteiger partial charge in [-0.25, -0.2) is 18.7 Å². The van der Waals surface area contributed by atoms with Crippen LogP contribution in [0.1, 0.15) is 17.0 Å². The van der Waals surface area contributed by atoms with Gasteiger partial charge >= 0.3 is 0 Å². The number of nitrogens with zero attached hydrogens (tertiary/aromatic N) is 3. The number of hydrogen-bond acceptors (Lipinski definition) is 6. The number of carbonyl (C=O) groups is 1. The van der Waals surface area contributed by atoms with Crippen LogP contribution in [0.5, 0.6) is 11.5 Å². The Morgan fingerprint density at radius 2 is 1.45 bits per heavy atom. The van der Waals surface area contributed by atoms with Crippen molar-refractivity contribution in [1.29, 1.82) is 0 Å². The van der Waals surface area contributed by atoms with E-state index in [0.29, 0.717) is 46.3 Å². The lowest BCUT2D eigenvalue weighted by Crippen LogP contribution is -2.17. The summed E-state index contributed by atoms with van der Waals surface area (Å²) < 4.78 is 38.2. The van der Waals surface area contributed by atoms with Crippen LogP contribution in [0.25, 0.3) is 22.5 Å². The summed E-state index contributed by atoms with van der Waals surface area (Å²) in [5, 5.41) is 2.79. The number of rotatable bonds is 10. The van der Waals surface area contributed by atoms with Gasteiger partial charge in [0.05, 0.1) is 30.8 Å². The van der Waals surface area contributed by atoms with Crippen molar-refractivity contribution in [3.05, 3.63) is 90.3 Å². The van der Waals surface area contributed by atoms with Gasteiger partial charge in [0.1, 0.15) is 23.1 Å². The lowest BCUT2D eigenvalue weighted by molar-refractivity contribution is 0.101. The van der Waals surface area contributed by atoms with Gasteiger partial charge in [-0.15, -0.1) is 0 Å². The Kier molecular flexibility index (Phi) is 8.60. The summed E-state index contributed by atoms with van der Waals surface area (Å²) in [5.41, 5.74) is 2.44. The Morgan fingerprint density at radius 3 is 1.97 bits per heavy atom. The average molecular weight is 519 g/mol. The van der Waals surface area contributed by atoms with Crippen LogP contribution in [0, 0.1) is 11.6 Å². The lowest BCUT2D eigenvalue weighted by atomic mass is 10.1. The monoisotopic (exact) mass is 518 g/mol. The van der Waals surface area contributed by atoms with Crippen molar-refractivity contribution in [2.45, 2.75) is 6.42 Å². The maximum atomic E-state index is 13.5. The van der Waals surface area contributed by atoms with Crippen molar-refractivity contribution in [1.82, 2.24) is 14.9 Å². The van der Waals surface area contributed by atoms with Gasteiger partial charge in [0.2, 0.25) is 5.82 Å². The maximum absolute atomic E-state index is 13.5. The summed E-state index contributed by atoms with van der Waals surface area (Å²) in [7, 11) is 5.50. The number of halogens is 2. The largest absolute Gasteiger partial charge is 0.494 e. The summed E-state index contributed by atoms with van der Waals surface area (Å²) in [6.07, 6.45) is 0.867. The Labute approximate surface area is 220 Å². The first-order valence-electron chi connectivity index (χ1n) is 12.0. The molecule has 0 saturated carbocycles. The third-order valence-corrected chi connectivity index (χ3v) is 5.65. The molecule has 0 atom stereocenters. The predicted molar refractivity (Wildman–Crippen MR) is 142 cm³/mol. The summed E-state index contributed by atoms with van der Waals surface area (Å²) in [6.45, 7) is 1.45. The fraction of sp³-hybridized carbons (Fsp3) is 0.207. The topological polar surface area (TPSA) is 76.6 Å². The minimum atomic E-state index is -0.574. The highest BCUT2D eigenvalue weighted by Gasteiger charge is 2.17. The summed E-state index contributed by atoms with van der Waals surface area (Å²) >= 11 is 0. The summed E-state index contributed by atoms with van der Waals surface area (Å²) in [4.78, 5) is 24.2. The Balaban J connectivity index is 1.61. The molecule has 1 aromatic heterocycles. The fourth-order valence-corrected chi connectivity index (χ4v) is 3.70. The molecule has 4 aromatic rings. The minimum absolute atomic E-state index is 0.114. The Hall–Kier alpha value is -4.37. The molecule has 0 unspecified atom stereocenters. The number of ether oxygens (including phenoxy) is 2. The molecule has 0 fully saturated rings. The fourth-order valence-electron chi connectivity index (χ4n) is 3.70. The van der Waals surface area contributed by atoms with E-state index in [2.05, 4.69) is 20.2 Å². The third kappa shape index (κ3) is 6.89. The van der Waals surface area contributed by atoms with Crippen molar-refractivity contribution in [2.75, 3.05) is 39.7 Å². The second kappa shape index (κ2) is 12.2. The Morgan fingerprint density at radius 1 is 0.868 bits per heavy atom. The molecular weight excluding hydrogens is 490 g/mol. The highest BCUT2D eigenvalue weighted by atomic mass is 19.1. The molecule has 38 heavy (non-hydrogen) atoms. The van der Waals surface area contributed by atoms with Crippen molar-refractivity contribution in [2.24, 2.45) is 0 Å². The molecule has 0 aliphatic carbocycles. The maximum Gasteiger partial charge on any atom is 0.293 e. The van der Waals surface area contributed by atoms with Crippen molar-refractivity contribution >= 4 is 11.6 Å². The molecule has 7 nitrogen and oxygen atoms in total. The van der Waals surface area contributed by atoms with Gasteiger partial charge in [-0.3, -0.25) is 4.79 Å². The molecule has 196 valence electrons. The van der Waals surface area contributed by atoms with Gasteiger partial charge in [0.25, 0.3) is 5.91 Å². The molecule has 0 spiro atoms. The standard InChI is InChI=1S/C29H28F2N4O3/c1-35(2)15-4-16-38-23-13-14-24(27(17-23)37-3)34-29(36)28-32-25(19-5-9-21(30)10-6-19)18-26(33-28)20-7-11-22(31)12-8-20/h5-14,17-18H,4,15-16H2,1-3H3,(H,34,36). The van der Waals surface area contributed by atoms with E-state index in [1.807, 2.05) is 14.1 Å². The molecule has 0 saturated heterocycles. The number of anilines is 1. The molecule has 1 heterocycles. The number of nitrogens with one attached hydrogen (secondary N) is 1. The quantitative estimate of drug-likeness (QED) is 0.272. The van der Waals surface area contributed by atoms with Gasteiger partial charge in [-0.1, -0.05) is 0 Å². The molecule has 0 radical (unpaired) electrons. The lowest BCUT2D eigenvalue weighted by Gasteiger charge is -2.14. The zero-order valence-electron chi connectivity index (χ0n) is 21.4. The van der Waals surface area contributed by atoms with E-state index in [1.165, 1.54) is 31.4 Å². The van der Waals surface area contributed by atoms with Gasteiger partial charge in [0, 0.05) is 23.7 Å². The van der Waals surface area contributed by atoms with Crippen LogP contribution >= 0.6 is 0 Å². The first-order chi connectivity index (χ1) is 18.3. The molecule has 1 N–H and O–H groups in total. The number of carbonyl (C=O) groups excluding carboxylic acids is 1. The predicted octanol–water partition coefficient (Wildman–Crippen LogP) is 5.68. The van der Waals surface area contributed by atoms with Crippen LogP contribution < -0.4 is 14.8 Å². The van der Waals surface area contributed by atoms with Gasteiger partial charge in [-0.05, 0) is 87.2 Å². The van der Waals surface area contributed by atoms with E-state index in [9.17, 15) is 13.6 Å². The van der Waals surface area contributed by atoms with E-state index in [1.54, 1.807) is 48.5 Å². The van der Waals surface area contributed by atoms with Crippen LogP contribution in [0.2, 0.25) is 0 Å². The zero-order valence-corrected chi connectivity index (χ0v) is 21.4. The first kappa shape index (κ1) is 26.7. The van der Waals surface area contributed by atoms with E-state index < -0.39 is 17.5 Å². The van der Waals surface area contributed by atoms with Gasteiger partial charge < -0.3 is 19.7 Å². The van der Waals surface area contributed by atoms with Crippen LogP contribution in [-0.4, -0.2) is 55.1 Å². The normalized spacial score (nSPS) is 10.9. The SMILES string of the molecule is COc1cc(OCCCN(C)C)ccc1NC(=O)c1nc(-c2ccc(F)cc2)cc(-c2ccc(F)cc2)n1. The first-order valence-corrected chi connectivity index (χ1v) is 12.0. The minimum Gasteiger partial charge on any atom is -0.494 e. The molecule has 3 aromatic carbocycles. The number of benzene rings is 3. The second-order valence-corrected chi connectivity index (χ2v) is 8.80. The number of amides is 1. The van der Waals surface area contributed by atoms with Crippen molar-refractivity contribution in [3.8, 4) is 34.0 Å². The summed E-state index contributed by atoms with van der Waals surface area (Å²) in [6, 6.07) is 18.3. The highest BCUT2D eigenvalue weighted by molar-refractivity contribution is 6.03. The van der Waals surface area contributed by atoms with Crippen LogP contribution in [0.15, 0.2) is 72.8 Å². The number of methoxy groups -OCH3 is 1. The van der Waals surface area contributed by atoms with Crippen LogP contribution in [0.4, 0.5) is 14.5 Å². The zero-order chi connectivity index (χ0) is 27.1. The van der Waals surface area contributed by atoms with Crippen molar-refractivity contribution in [3.63, 3.8) is 0 Å². The van der Waals surface area contributed by atoms with E-state index in [-0.39, 0.29) is 5.82 Å². The molecule has 9 heteroatoms. The number of hydrogen-bond donors (Lipinski definition) is 1. The smallest absolute Gasteiger partial charge is 0.293 e.